The molecule has 1 unspecified atom stereocenters. The molecular weight excluding hydrogens is 308 g/mol. The number of rotatable bonds is 8. The molecule has 1 aromatic rings. The van der Waals surface area contributed by atoms with Gasteiger partial charge in [0.1, 0.15) is 0 Å². The molecule has 0 aliphatic rings. The average molecular weight is 330 g/mol. The fourth-order valence-corrected chi connectivity index (χ4v) is 4.58. The smallest absolute Gasteiger partial charge is 0.179 e. The highest BCUT2D eigenvalue weighted by Gasteiger charge is 2.15. The maximum Gasteiger partial charge on any atom is 0.179 e. The molecule has 1 atom stereocenters. The van der Waals surface area contributed by atoms with E-state index in [1.54, 1.807) is 23.9 Å². The van der Waals surface area contributed by atoms with Crippen molar-refractivity contribution in [3.8, 4) is 0 Å². The van der Waals surface area contributed by atoms with Gasteiger partial charge in [-0.05, 0) is 23.8 Å². The maximum atomic E-state index is 12.3. The largest absolute Gasteiger partial charge is 0.409 e. The molecule has 0 saturated heterocycles. The summed E-state index contributed by atoms with van der Waals surface area (Å²) in [4.78, 5) is 0.204. The summed E-state index contributed by atoms with van der Waals surface area (Å²) < 4.78 is 24.5. The zero-order valence-corrected chi connectivity index (χ0v) is 14.0. The van der Waals surface area contributed by atoms with Crippen LogP contribution < -0.4 is 5.73 Å². The van der Waals surface area contributed by atoms with E-state index in [1.807, 2.05) is 0 Å². The number of hydrogen-bond donors (Lipinski definition) is 2. The van der Waals surface area contributed by atoms with Crippen LogP contribution in [0.15, 0.2) is 34.3 Å². The summed E-state index contributed by atoms with van der Waals surface area (Å²) in [7, 11) is -3.34. The number of amidine groups is 1. The predicted octanol–water partition coefficient (Wildman–Crippen LogP) is 2.33. The number of hydrogen-bond acceptors (Lipinski definition) is 5. The second-order valence-electron chi connectivity index (χ2n) is 4.92. The van der Waals surface area contributed by atoms with Crippen molar-refractivity contribution >= 4 is 27.4 Å². The molecule has 0 heterocycles. The standard InChI is InChI=1S/C14H22N2O3S2/c1-3-11(2)10-20-7-8-21(18,19)13-6-4-5-12(9-13)14(15)16-17/h4-6,9,11,17H,3,7-8,10H2,1-2H3,(H2,15,16). The fourth-order valence-electron chi connectivity index (χ4n) is 1.60. The number of thioether (sulfide) groups is 1. The summed E-state index contributed by atoms with van der Waals surface area (Å²) in [5.74, 6) is 2.13. The molecule has 0 aliphatic carbocycles. The minimum atomic E-state index is -3.34. The Bertz CT molecular complexity index is 586. The Labute approximate surface area is 130 Å². The number of nitrogens with two attached hydrogens (primary N) is 1. The van der Waals surface area contributed by atoms with Gasteiger partial charge >= 0.3 is 0 Å². The van der Waals surface area contributed by atoms with E-state index in [-0.39, 0.29) is 16.5 Å². The van der Waals surface area contributed by atoms with Gasteiger partial charge in [0.05, 0.1) is 10.6 Å². The highest BCUT2D eigenvalue weighted by Crippen LogP contribution is 2.17. The summed E-state index contributed by atoms with van der Waals surface area (Å²) in [5, 5.41) is 11.5. The number of sulfone groups is 1. The molecule has 1 aromatic carbocycles. The van der Waals surface area contributed by atoms with E-state index in [4.69, 9.17) is 10.9 Å². The van der Waals surface area contributed by atoms with Gasteiger partial charge < -0.3 is 10.9 Å². The van der Waals surface area contributed by atoms with Crippen LogP contribution in [0, 0.1) is 5.92 Å². The van der Waals surface area contributed by atoms with Gasteiger partial charge in [-0.2, -0.15) is 11.8 Å². The first-order valence-electron chi connectivity index (χ1n) is 6.79. The van der Waals surface area contributed by atoms with E-state index in [9.17, 15) is 8.42 Å². The maximum absolute atomic E-state index is 12.3. The van der Waals surface area contributed by atoms with Crippen molar-refractivity contribution in [1.29, 1.82) is 0 Å². The van der Waals surface area contributed by atoms with Crippen LogP contribution in [0.4, 0.5) is 0 Å². The molecule has 0 bridgehead atoms. The van der Waals surface area contributed by atoms with Crippen molar-refractivity contribution in [3.05, 3.63) is 29.8 Å². The van der Waals surface area contributed by atoms with Crippen LogP contribution in [0.25, 0.3) is 0 Å². The highest BCUT2D eigenvalue weighted by atomic mass is 32.2. The van der Waals surface area contributed by atoms with Gasteiger partial charge in [-0.3, -0.25) is 0 Å². The van der Waals surface area contributed by atoms with Gasteiger partial charge in [0.2, 0.25) is 0 Å². The number of oxime groups is 1. The Morgan fingerprint density at radius 1 is 1.48 bits per heavy atom. The van der Waals surface area contributed by atoms with Gasteiger partial charge in [-0.15, -0.1) is 0 Å². The Balaban J connectivity index is 2.70. The molecule has 7 heteroatoms. The van der Waals surface area contributed by atoms with Crippen LogP contribution in [0.1, 0.15) is 25.8 Å². The van der Waals surface area contributed by atoms with E-state index in [0.29, 0.717) is 17.2 Å². The molecule has 0 amide bonds. The van der Waals surface area contributed by atoms with Gasteiger partial charge in [-0.25, -0.2) is 8.42 Å². The summed E-state index contributed by atoms with van der Waals surface area (Å²) in [6.07, 6.45) is 1.10. The molecule has 0 radical (unpaired) electrons. The number of nitrogens with zero attached hydrogens (tertiary/aromatic N) is 1. The van der Waals surface area contributed by atoms with Crippen molar-refractivity contribution in [2.24, 2.45) is 16.8 Å². The third-order valence-corrected chi connectivity index (χ3v) is 6.46. The average Bonchev–Trinajstić information content (AvgIpc) is 2.50. The zero-order valence-electron chi connectivity index (χ0n) is 12.3. The SMILES string of the molecule is CCC(C)CSCCS(=O)(=O)c1cccc(/C(N)=N/O)c1. The minimum absolute atomic E-state index is 0.0910. The van der Waals surface area contributed by atoms with Gasteiger partial charge in [0.25, 0.3) is 0 Å². The van der Waals surface area contributed by atoms with E-state index in [0.717, 1.165) is 12.2 Å². The van der Waals surface area contributed by atoms with Gasteiger partial charge in [-0.1, -0.05) is 37.6 Å². The van der Waals surface area contributed by atoms with Gasteiger partial charge in [0.15, 0.2) is 15.7 Å². The lowest BCUT2D eigenvalue weighted by Gasteiger charge is -2.09. The monoisotopic (exact) mass is 330 g/mol. The minimum Gasteiger partial charge on any atom is -0.409 e. The molecule has 0 aromatic heterocycles. The second-order valence-corrected chi connectivity index (χ2v) is 8.18. The van der Waals surface area contributed by atoms with Crippen LogP contribution in [-0.4, -0.2) is 36.7 Å². The third-order valence-electron chi connectivity index (χ3n) is 3.19. The van der Waals surface area contributed by atoms with E-state index >= 15 is 0 Å². The Morgan fingerprint density at radius 3 is 2.81 bits per heavy atom. The van der Waals surface area contributed by atoms with Gasteiger partial charge in [0, 0.05) is 11.3 Å². The van der Waals surface area contributed by atoms with Crippen LogP contribution >= 0.6 is 11.8 Å². The molecule has 0 aliphatic heterocycles. The molecule has 5 nitrogen and oxygen atoms in total. The second kappa shape index (κ2) is 8.29. The molecule has 21 heavy (non-hydrogen) atoms. The first-order valence-corrected chi connectivity index (χ1v) is 9.60. The van der Waals surface area contributed by atoms with Crippen molar-refractivity contribution in [2.45, 2.75) is 25.2 Å². The molecule has 1 rings (SSSR count). The van der Waals surface area contributed by atoms with E-state index in [1.165, 1.54) is 12.1 Å². The van der Waals surface area contributed by atoms with Crippen molar-refractivity contribution in [3.63, 3.8) is 0 Å². The lowest BCUT2D eigenvalue weighted by atomic mass is 10.2. The molecular formula is C14H22N2O3S2. The topological polar surface area (TPSA) is 92.8 Å². The highest BCUT2D eigenvalue weighted by molar-refractivity contribution is 8.00. The summed E-state index contributed by atoms with van der Waals surface area (Å²) in [5.41, 5.74) is 5.87. The Hall–Kier alpha value is -1.21. The fraction of sp³-hybridized carbons (Fsp3) is 0.500. The first kappa shape index (κ1) is 17.8. The lowest BCUT2D eigenvalue weighted by molar-refractivity contribution is 0.318. The van der Waals surface area contributed by atoms with Crippen LogP contribution in [0.5, 0.6) is 0 Å². The molecule has 0 spiro atoms. The first-order chi connectivity index (χ1) is 9.90. The van der Waals surface area contributed by atoms with Crippen molar-refractivity contribution < 1.29 is 13.6 Å². The molecule has 0 fully saturated rings. The Kier molecular flexibility index (Phi) is 7.04. The predicted molar refractivity (Wildman–Crippen MR) is 87.8 cm³/mol. The summed E-state index contributed by atoms with van der Waals surface area (Å²) in [6.45, 7) is 4.28. The van der Waals surface area contributed by atoms with Crippen LogP contribution in [0.3, 0.4) is 0 Å². The van der Waals surface area contributed by atoms with Crippen molar-refractivity contribution in [1.82, 2.24) is 0 Å². The molecule has 0 saturated carbocycles. The lowest BCUT2D eigenvalue weighted by Crippen LogP contribution is -2.15. The molecule has 118 valence electrons. The Morgan fingerprint density at radius 2 is 2.19 bits per heavy atom. The molecule has 3 N–H and O–H groups in total. The van der Waals surface area contributed by atoms with E-state index in [2.05, 4.69) is 19.0 Å². The number of benzene rings is 1. The van der Waals surface area contributed by atoms with Crippen molar-refractivity contribution in [2.75, 3.05) is 17.3 Å². The zero-order chi connectivity index (χ0) is 15.9. The van der Waals surface area contributed by atoms with Crippen LogP contribution in [0.2, 0.25) is 0 Å². The quantitative estimate of drug-likeness (QED) is 0.251. The van der Waals surface area contributed by atoms with Crippen LogP contribution in [-0.2, 0) is 9.84 Å². The third kappa shape index (κ3) is 5.59. The van der Waals surface area contributed by atoms with E-state index < -0.39 is 9.84 Å². The normalized spacial score (nSPS) is 14.1. The summed E-state index contributed by atoms with van der Waals surface area (Å²) >= 11 is 1.65. The summed E-state index contributed by atoms with van der Waals surface area (Å²) in [6, 6.07) is 6.16.